The minimum Gasteiger partial charge on any atom is -0.857 e. The molecule has 0 unspecified atom stereocenters. The Hall–Kier alpha value is -5.36. The first-order valence-corrected chi connectivity index (χ1v) is 40.5. The van der Waals surface area contributed by atoms with E-state index in [1.807, 2.05) is 45.1 Å². The molecular formula is C63H62Br8Cl4FN20NaO9P+. The Morgan fingerprint density at radius 3 is 1.55 bits per heavy atom. The molecule has 0 saturated carbocycles. The molecule has 564 valence electrons. The number of hydrogen-bond donors (Lipinski definition) is 3. The normalized spacial score (nSPS) is 11.5. The maximum Gasteiger partial charge on any atom is 1.00 e. The molecule has 12 aromatic rings. The number of fused-ring (bicyclic) bond motifs is 8. The van der Waals surface area contributed by atoms with E-state index in [2.05, 4.69) is 231 Å². The molecule has 0 aromatic carbocycles. The standard InChI is InChI=1S/3C8H8BrN3O.C8H7BrN2O.C7H4BrClN2.C7H6BrN3O.C7H6BrN2O.C7H5BrN2.CH3F.CH4O.CH3O.Cl3OP.Na/c1-12-4-5-6(9)3-10-8(13-2)7(5)11-12;1-12-7-5(3-11-12)6(9)4-10-8(7)13-2;1-11-4-6(9)5-3-10-12(2)7(5)8(11)13;1-12-8-6-3-10-2-5(6)7(9)4-11-8;8-6-3-11-7(9)5-2-10-1-4(5)6;1-11-6-4(2-10-11)5(8)3-9-7(6)12;8-7-4-10(11)3-5-1-9-2-6(5)7;8-7-4-10-2-5-1-9-3-6(5)7;3*1-2;1-5(2,3)4;/h3*3-4H,1-2H3;2,4H,3H2,1H3;1,3H,2H2;2-3H,1H3,(H,9,12);2-4,11H,1H2;2-4H,1H2;1H3;2H,1H3;1H3;;/q;;;;;;+1;;;;-1;;+1/i;;;;;;;;1D;;;;. The summed E-state index contributed by atoms with van der Waals surface area (Å²) in [6.07, 6.45) is 31.5. The molecule has 0 amide bonds. The Labute approximate surface area is 721 Å². The van der Waals surface area contributed by atoms with E-state index in [1.54, 1.807) is 142 Å². The molecule has 0 saturated heterocycles. The number of H-pyrrole nitrogens is 1. The number of aliphatic hydroxyl groups is 1. The molecule has 107 heavy (non-hydrogen) atoms. The number of hydrogen-bond acceptors (Lipinski definition) is 22. The molecule has 4 aliphatic heterocycles. The topological polar surface area (TPSA) is 352 Å². The number of aromatic amines is 1. The van der Waals surface area contributed by atoms with E-state index in [0.29, 0.717) is 53.5 Å². The van der Waals surface area contributed by atoms with Crippen molar-refractivity contribution in [3.8, 4) is 17.6 Å². The molecule has 0 bridgehead atoms. The minimum absolute atomic E-state index is 0. The molecule has 0 spiro atoms. The van der Waals surface area contributed by atoms with Crippen LogP contribution in [0.3, 0.4) is 0 Å². The second-order valence-electron chi connectivity index (χ2n) is 20.4. The van der Waals surface area contributed by atoms with E-state index >= 15 is 0 Å². The fraction of sp³-hybridized carbons (Fsp3) is 0.238. The number of alkyl halides is 1. The van der Waals surface area contributed by atoms with Gasteiger partial charge in [-0.25, -0.2) is 19.9 Å². The van der Waals surface area contributed by atoms with Crippen LogP contribution in [0.4, 0.5) is 4.39 Å². The quantitative estimate of drug-likeness (QED) is 0.0486. The number of aryl methyl sites for hydroxylation is 5. The van der Waals surface area contributed by atoms with Crippen LogP contribution in [-0.4, -0.2) is 151 Å². The third kappa shape index (κ3) is 25.8. The Bertz CT molecular complexity index is 5350. The molecular weight excluding hydrogens is 2030 g/mol. The summed E-state index contributed by atoms with van der Waals surface area (Å²) in [4.78, 5) is 62.3. The maximum absolute atomic E-state index is 11.6. The first-order valence-electron chi connectivity index (χ1n) is 30.0. The Kier molecular flexibility index (Phi) is 39.5. The van der Waals surface area contributed by atoms with Crippen molar-refractivity contribution in [1.82, 2.24) is 73.6 Å². The van der Waals surface area contributed by atoms with E-state index in [0.717, 1.165) is 127 Å². The van der Waals surface area contributed by atoms with Crippen molar-refractivity contribution in [1.29, 1.82) is 0 Å². The van der Waals surface area contributed by atoms with Gasteiger partial charge in [-0.3, -0.25) is 67.4 Å². The second-order valence-corrected chi connectivity index (χ2v) is 34.3. The van der Waals surface area contributed by atoms with Gasteiger partial charge in [0.1, 0.15) is 21.7 Å². The van der Waals surface area contributed by atoms with Gasteiger partial charge in [0, 0.05) is 220 Å². The van der Waals surface area contributed by atoms with Gasteiger partial charge in [-0.1, -0.05) is 11.6 Å². The summed E-state index contributed by atoms with van der Waals surface area (Å²) >= 11 is 46.7. The van der Waals surface area contributed by atoms with Crippen LogP contribution < -0.4 is 64.7 Å². The summed E-state index contributed by atoms with van der Waals surface area (Å²) in [6.45, 7) is 2.77. The van der Waals surface area contributed by atoms with Crippen molar-refractivity contribution < 1.29 is 74.2 Å². The van der Waals surface area contributed by atoms with Crippen molar-refractivity contribution >= 4 is 246 Å². The number of halogens is 13. The summed E-state index contributed by atoms with van der Waals surface area (Å²) in [7, 11) is 14.5. The van der Waals surface area contributed by atoms with Crippen molar-refractivity contribution in [2.24, 2.45) is 55.2 Å². The van der Waals surface area contributed by atoms with Crippen molar-refractivity contribution in [3.63, 3.8) is 0 Å². The predicted molar refractivity (Wildman–Crippen MR) is 439 cm³/mol. The van der Waals surface area contributed by atoms with Crippen LogP contribution >= 0.6 is 178 Å². The molecule has 29 nitrogen and oxygen atoms in total. The molecule has 0 aliphatic carbocycles. The minimum atomic E-state index is -3.22. The van der Waals surface area contributed by atoms with Gasteiger partial charge in [0.15, 0.2) is 5.52 Å². The summed E-state index contributed by atoms with van der Waals surface area (Å²) in [5.74, 6) is 1.82. The van der Waals surface area contributed by atoms with E-state index < -0.39 is 12.4 Å². The van der Waals surface area contributed by atoms with Crippen LogP contribution in [0, 0.1) is 0 Å². The zero-order valence-corrected chi connectivity index (χ0v) is 76.6. The summed E-state index contributed by atoms with van der Waals surface area (Å²) in [6, 6.07) is 0. The summed E-state index contributed by atoms with van der Waals surface area (Å²) < 4.78 is 57.0. The number of nitrogens with zero attached hydrogens (tertiary/aromatic N) is 19. The smallest absolute Gasteiger partial charge is 0.857 e. The fourth-order valence-corrected chi connectivity index (χ4v) is 13.2. The van der Waals surface area contributed by atoms with E-state index in [-0.39, 0.29) is 40.7 Å². The first kappa shape index (κ1) is 92.2. The van der Waals surface area contributed by atoms with Gasteiger partial charge in [-0.2, -0.15) is 27.5 Å². The number of aliphatic hydroxyl groups excluding tert-OH is 1. The van der Waals surface area contributed by atoms with Gasteiger partial charge >= 0.3 is 34.8 Å². The summed E-state index contributed by atoms with van der Waals surface area (Å²) in [5.41, 5.74) is 11.4. The third-order valence-electron chi connectivity index (χ3n) is 13.9. The van der Waals surface area contributed by atoms with Crippen LogP contribution in [0.25, 0.3) is 43.6 Å². The number of aliphatic imine (C=N–C) groups is 4. The Morgan fingerprint density at radius 1 is 0.561 bits per heavy atom. The monoisotopic (exact) mass is 2090 g/mol. The van der Waals surface area contributed by atoms with Gasteiger partial charge in [0.05, 0.1) is 84.7 Å². The largest absolute Gasteiger partial charge is 1.00 e. The molecule has 16 heterocycles. The molecule has 0 fully saturated rings. The number of pyridine rings is 8. The zero-order valence-electron chi connectivity index (χ0n) is 59.0. The number of rotatable bonds is 3. The van der Waals surface area contributed by atoms with Crippen LogP contribution in [0.2, 0.25) is 5.15 Å². The number of aromatic nitrogens is 16. The second kappa shape index (κ2) is 45.8. The van der Waals surface area contributed by atoms with Gasteiger partial charge in [-0.05, 0) is 161 Å². The van der Waals surface area contributed by atoms with Gasteiger partial charge in [0.2, 0.25) is 30.0 Å². The van der Waals surface area contributed by atoms with Crippen molar-refractivity contribution in [2.75, 3.05) is 42.7 Å². The Morgan fingerprint density at radius 2 is 1.00 bits per heavy atom. The first-order chi connectivity index (χ1) is 50.9. The van der Waals surface area contributed by atoms with Crippen LogP contribution in [0.15, 0.2) is 152 Å². The average Bonchev–Trinajstić information content (AvgIpc) is 1.62. The van der Waals surface area contributed by atoms with Gasteiger partial charge in [0.25, 0.3) is 11.1 Å². The van der Waals surface area contributed by atoms with Crippen molar-refractivity contribution in [3.05, 3.63) is 193 Å². The van der Waals surface area contributed by atoms with E-state index in [1.165, 1.54) is 15.7 Å². The van der Waals surface area contributed by atoms with E-state index in [4.69, 9.17) is 42.6 Å². The SMILES string of the molecule is Brc1cncc2c1C=NC2.CO.COc1ncc(Br)c2c1CN=C2.COc1ncc(Br)c2cn(C)nc12.COc1ncc(Br)c2cnn(C)c12.C[O-].Clc1ncc(Br)c2c1CN=C2.Cn1cc(Br)c2cnn(C)c2c1=O.Cn1ncc2c(Br)c[nH]c(=O)c21.O=P(Cl)(Cl)Cl.O[n+]1cc(Br)c2c(c1)CN=C2.[2H]CF.[Na+]. The van der Waals surface area contributed by atoms with Crippen LogP contribution in [0.5, 0.6) is 17.6 Å². The molecule has 12 aromatic heterocycles. The molecule has 0 radical (unpaired) electrons. The molecule has 3 N–H and O–H groups in total. The molecule has 0 atom stereocenters. The van der Waals surface area contributed by atoms with Crippen LogP contribution in [0.1, 0.15) is 45.9 Å². The number of nitrogens with one attached hydrogen (secondary N) is 1. The Balaban J connectivity index is 0.000000255. The average molecular weight is 2100 g/mol. The fourth-order valence-electron chi connectivity index (χ4n) is 9.32. The molecule has 44 heteroatoms. The summed E-state index contributed by atoms with van der Waals surface area (Å²) in [5, 5.41) is 41.8. The number of ether oxygens (including phenoxy) is 3. The van der Waals surface area contributed by atoms with Gasteiger partial charge < -0.3 is 34.0 Å². The van der Waals surface area contributed by atoms with Gasteiger partial charge in [-0.15, -0.1) is 0 Å². The third-order valence-corrected chi connectivity index (χ3v) is 19.4. The predicted octanol–water partition coefficient (Wildman–Crippen LogP) is 11.4. The van der Waals surface area contributed by atoms with Crippen molar-refractivity contribution in [2.45, 2.75) is 26.2 Å². The molecule has 16 rings (SSSR count). The molecule has 4 aliphatic rings. The van der Waals surface area contributed by atoms with E-state index in [9.17, 15) is 18.5 Å². The number of methoxy groups -OCH3 is 3. The zero-order chi connectivity index (χ0) is 79.6. The maximum atomic E-state index is 11.6. The van der Waals surface area contributed by atoms with Crippen LogP contribution in [-0.2, 0) is 66.0 Å².